The maximum Gasteiger partial charge on any atom is 0.406 e. The molecule has 0 amide bonds. The monoisotopic (exact) mass is 225 g/mol. The van der Waals surface area contributed by atoms with Gasteiger partial charge in [0.05, 0.1) is 13.2 Å². The maximum atomic E-state index is 12.7. The molecule has 1 aliphatic heterocycles. The van der Waals surface area contributed by atoms with Gasteiger partial charge in [0, 0.05) is 12.6 Å². The summed E-state index contributed by atoms with van der Waals surface area (Å²) in [6.07, 6.45) is -2.47. The molecule has 1 rings (SSSR count). The number of morpholine rings is 1. The van der Waals surface area contributed by atoms with Crippen LogP contribution in [0.5, 0.6) is 0 Å². The van der Waals surface area contributed by atoms with Crippen molar-refractivity contribution in [3.8, 4) is 0 Å². The van der Waals surface area contributed by atoms with Crippen molar-refractivity contribution in [2.75, 3.05) is 19.8 Å². The molecule has 0 saturated carbocycles. The van der Waals surface area contributed by atoms with Gasteiger partial charge in [-0.3, -0.25) is 4.90 Å². The molecule has 1 saturated heterocycles. The molecule has 90 valence electrons. The highest BCUT2D eigenvalue weighted by atomic mass is 19.4. The van der Waals surface area contributed by atoms with E-state index in [1.165, 1.54) is 4.90 Å². The largest absolute Gasteiger partial charge is 0.406 e. The standard InChI is InChI=1S/C10H18F3NO/c1-3-4-8(2)14-5-6-15-7-9(14)10(11,12)13/h8-9H,3-7H2,1-2H3/t8?,9-/m0/s1. The molecular formula is C10H18F3NO. The van der Waals surface area contributed by atoms with Crippen molar-refractivity contribution in [2.24, 2.45) is 0 Å². The third-order valence-electron chi connectivity index (χ3n) is 2.82. The first-order chi connectivity index (χ1) is 6.96. The first-order valence-corrected chi connectivity index (χ1v) is 5.37. The Morgan fingerprint density at radius 1 is 1.47 bits per heavy atom. The van der Waals surface area contributed by atoms with Gasteiger partial charge >= 0.3 is 6.18 Å². The molecule has 5 heteroatoms. The molecule has 1 unspecified atom stereocenters. The van der Waals surface area contributed by atoms with Gasteiger partial charge in [-0.25, -0.2) is 0 Å². The Bertz CT molecular complexity index is 196. The van der Waals surface area contributed by atoms with Crippen molar-refractivity contribution in [1.29, 1.82) is 0 Å². The SMILES string of the molecule is CCCC(C)N1CCOC[C@H]1C(F)(F)F. The second kappa shape index (κ2) is 5.16. The van der Waals surface area contributed by atoms with Crippen LogP contribution in [0.2, 0.25) is 0 Å². The molecule has 0 aliphatic carbocycles. The summed E-state index contributed by atoms with van der Waals surface area (Å²) in [5.41, 5.74) is 0. The van der Waals surface area contributed by atoms with Gasteiger partial charge < -0.3 is 4.74 Å². The van der Waals surface area contributed by atoms with Gasteiger partial charge in [0.1, 0.15) is 6.04 Å². The van der Waals surface area contributed by atoms with Gasteiger partial charge in [0.25, 0.3) is 0 Å². The van der Waals surface area contributed by atoms with Gasteiger partial charge in [-0.05, 0) is 13.3 Å². The van der Waals surface area contributed by atoms with E-state index in [1.807, 2.05) is 13.8 Å². The van der Waals surface area contributed by atoms with Crippen molar-refractivity contribution in [2.45, 2.75) is 44.9 Å². The molecule has 0 radical (unpaired) electrons. The minimum absolute atomic E-state index is 0.0227. The van der Waals surface area contributed by atoms with Crippen molar-refractivity contribution in [3.63, 3.8) is 0 Å². The number of alkyl halides is 3. The van der Waals surface area contributed by atoms with Gasteiger partial charge in [-0.15, -0.1) is 0 Å². The molecule has 2 atom stereocenters. The molecule has 1 fully saturated rings. The molecule has 0 spiro atoms. The smallest absolute Gasteiger partial charge is 0.378 e. The van der Waals surface area contributed by atoms with Crippen LogP contribution in [0, 0.1) is 0 Å². The fourth-order valence-corrected chi connectivity index (χ4v) is 2.01. The van der Waals surface area contributed by atoms with Crippen molar-refractivity contribution >= 4 is 0 Å². The van der Waals surface area contributed by atoms with E-state index in [1.54, 1.807) is 0 Å². The average molecular weight is 225 g/mol. The van der Waals surface area contributed by atoms with Crippen LogP contribution in [0.1, 0.15) is 26.7 Å². The second-order valence-electron chi connectivity index (χ2n) is 4.01. The Kier molecular flexibility index (Phi) is 4.40. The number of ether oxygens (including phenoxy) is 1. The fourth-order valence-electron chi connectivity index (χ4n) is 2.01. The summed E-state index contributed by atoms with van der Waals surface area (Å²) < 4.78 is 42.9. The molecule has 0 bridgehead atoms. The summed E-state index contributed by atoms with van der Waals surface area (Å²) in [6, 6.07) is -1.45. The normalized spacial score (nSPS) is 26.6. The third kappa shape index (κ3) is 3.34. The predicted octanol–water partition coefficient (Wildman–Crippen LogP) is 2.44. The Labute approximate surface area is 88.4 Å². The average Bonchev–Trinajstić information content (AvgIpc) is 2.17. The van der Waals surface area contributed by atoms with E-state index in [0.717, 1.165) is 12.8 Å². The highest BCUT2D eigenvalue weighted by Crippen LogP contribution is 2.29. The zero-order valence-corrected chi connectivity index (χ0v) is 9.18. The van der Waals surface area contributed by atoms with Gasteiger partial charge in [0.2, 0.25) is 0 Å². The Hall–Kier alpha value is -0.290. The lowest BCUT2D eigenvalue weighted by Gasteiger charge is -2.40. The van der Waals surface area contributed by atoms with E-state index in [2.05, 4.69) is 0 Å². The summed E-state index contributed by atoms with van der Waals surface area (Å²) in [4.78, 5) is 1.52. The fraction of sp³-hybridized carbons (Fsp3) is 1.00. The summed E-state index contributed by atoms with van der Waals surface area (Å²) >= 11 is 0. The molecule has 1 aliphatic rings. The number of hydrogen-bond donors (Lipinski definition) is 0. The number of nitrogens with zero attached hydrogens (tertiary/aromatic N) is 1. The quantitative estimate of drug-likeness (QED) is 0.731. The van der Waals surface area contributed by atoms with Gasteiger partial charge in [-0.2, -0.15) is 13.2 Å². The van der Waals surface area contributed by atoms with Crippen LogP contribution < -0.4 is 0 Å². The zero-order valence-electron chi connectivity index (χ0n) is 9.18. The Morgan fingerprint density at radius 3 is 2.67 bits per heavy atom. The molecule has 0 aromatic rings. The minimum Gasteiger partial charge on any atom is -0.378 e. The summed E-state index contributed by atoms with van der Waals surface area (Å²) in [7, 11) is 0. The third-order valence-corrected chi connectivity index (χ3v) is 2.82. The Balaban J connectivity index is 2.65. The first-order valence-electron chi connectivity index (χ1n) is 5.37. The van der Waals surface area contributed by atoms with Gasteiger partial charge in [0.15, 0.2) is 0 Å². The Morgan fingerprint density at radius 2 is 2.13 bits per heavy atom. The van der Waals surface area contributed by atoms with Crippen LogP contribution >= 0.6 is 0 Å². The number of rotatable bonds is 3. The maximum absolute atomic E-state index is 12.7. The molecule has 1 heterocycles. The van der Waals surface area contributed by atoms with Crippen molar-refractivity contribution < 1.29 is 17.9 Å². The lowest BCUT2D eigenvalue weighted by Crippen LogP contribution is -2.56. The van der Waals surface area contributed by atoms with Crippen molar-refractivity contribution in [1.82, 2.24) is 4.90 Å². The number of hydrogen-bond acceptors (Lipinski definition) is 2. The molecule has 15 heavy (non-hydrogen) atoms. The van der Waals surface area contributed by atoms with Crippen LogP contribution in [-0.2, 0) is 4.74 Å². The molecular weight excluding hydrogens is 207 g/mol. The van der Waals surface area contributed by atoms with Crippen LogP contribution in [0.15, 0.2) is 0 Å². The van der Waals surface area contributed by atoms with Crippen LogP contribution in [-0.4, -0.2) is 42.9 Å². The first kappa shape index (κ1) is 12.8. The molecule has 0 aromatic heterocycles. The van der Waals surface area contributed by atoms with Crippen LogP contribution in [0.4, 0.5) is 13.2 Å². The zero-order chi connectivity index (χ0) is 11.5. The van der Waals surface area contributed by atoms with Crippen molar-refractivity contribution in [3.05, 3.63) is 0 Å². The minimum atomic E-state index is -4.18. The van der Waals surface area contributed by atoms with Crippen LogP contribution in [0.3, 0.4) is 0 Å². The highest BCUT2D eigenvalue weighted by Gasteiger charge is 2.46. The molecule has 0 aromatic carbocycles. The molecule has 2 nitrogen and oxygen atoms in total. The lowest BCUT2D eigenvalue weighted by molar-refractivity contribution is -0.217. The van der Waals surface area contributed by atoms with E-state index in [4.69, 9.17) is 4.74 Å². The van der Waals surface area contributed by atoms with Gasteiger partial charge in [-0.1, -0.05) is 13.3 Å². The van der Waals surface area contributed by atoms with E-state index in [-0.39, 0.29) is 12.6 Å². The van der Waals surface area contributed by atoms with E-state index in [0.29, 0.717) is 13.2 Å². The lowest BCUT2D eigenvalue weighted by atomic mass is 10.1. The number of halogens is 3. The van der Waals surface area contributed by atoms with E-state index in [9.17, 15) is 13.2 Å². The molecule has 0 N–H and O–H groups in total. The highest BCUT2D eigenvalue weighted by molar-refractivity contribution is 4.84. The van der Waals surface area contributed by atoms with Crippen LogP contribution in [0.25, 0.3) is 0 Å². The summed E-state index contributed by atoms with van der Waals surface area (Å²) in [5, 5.41) is 0. The summed E-state index contributed by atoms with van der Waals surface area (Å²) in [6.45, 7) is 4.40. The second-order valence-corrected chi connectivity index (χ2v) is 4.01. The van der Waals surface area contributed by atoms with E-state index >= 15 is 0 Å². The summed E-state index contributed by atoms with van der Waals surface area (Å²) in [5.74, 6) is 0. The van der Waals surface area contributed by atoms with E-state index < -0.39 is 12.2 Å². The predicted molar refractivity (Wildman–Crippen MR) is 51.7 cm³/mol. The topological polar surface area (TPSA) is 12.5 Å².